The number of nitriles is 1. The molecule has 1 aromatic rings. The van der Waals surface area contributed by atoms with Gasteiger partial charge in [0, 0.05) is 0 Å². The third kappa shape index (κ3) is 2.14. The molecule has 0 N–H and O–H groups in total. The summed E-state index contributed by atoms with van der Waals surface area (Å²) in [6.45, 7) is 3.04. The Hall–Kier alpha value is -1.73. The SMILES string of the molecule is COc1cc(C)c(CC2(C#N)COC2)cc1OC. The molecular formula is C14H17NO3. The van der Waals surface area contributed by atoms with Crippen LogP contribution < -0.4 is 9.47 Å². The zero-order valence-electron chi connectivity index (χ0n) is 10.9. The van der Waals surface area contributed by atoms with E-state index in [9.17, 15) is 5.26 Å². The van der Waals surface area contributed by atoms with Crippen LogP contribution in [0.1, 0.15) is 11.1 Å². The lowest BCUT2D eigenvalue weighted by Gasteiger charge is -2.35. The number of hydrogen-bond donors (Lipinski definition) is 0. The van der Waals surface area contributed by atoms with Crippen molar-refractivity contribution < 1.29 is 14.2 Å². The van der Waals surface area contributed by atoms with Gasteiger partial charge in [-0.15, -0.1) is 0 Å². The van der Waals surface area contributed by atoms with E-state index in [1.54, 1.807) is 14.2 Å². The minimum absolute atomic E-state index is 0.371. The molecule has 0 unspecified atom stereocenters. The van der Waals surface area contributed by atoms with Crippen LogP contribution in [0.15, 0.2) is 12.1 Å². The van der Waals surface area contributed by atoms with Gasteiger partial charge >= 0.3 is 0 Å². The second kappa shape index (κ2) is 4.87. The van der Waals surface area contributed by atoms with Gasteiger partial charge in [0.2, 0.25) is 0 Å². The molecule has 2 rings (SSSR count). The standard InChI is InChI=1S/C14H17NO3/c1-10-4-12(16-2)13(17-3)5-11(10)6-14(7-15)8-18-9-14/h4-5H,6,8-9H2,1-3H3. The summed E-state index contributed by atoms with van der Waals surface area (Å²) < 4.78 is 15.7. The van der Waals surface area contributed by atoms with Crippen molar-refractivity contribution in [3.05, 3.63) is 23.3 Å². The molecule has 1 saturated heterocycles. The van der Waals surface area contributed by atoms with Crippen LogP contribution in [0, 0.1) is 23.7 Å². The van der Waals surface area contributed by atoms with Gasteiger partial charge in [-0.05, 0) is 36.6 Å². The molecule has 96 valence electrons. The number of methoxy groups -OCH3 is 2. The van der Waals surface area contributed by atoms with Gasteiger partial charge in [-0.25, -0.2) is 0 Å². The summed E-state index contributed by atoms with van der Waals surface area (Å²) in [5, 5.41) is 9.23. The van der Waals surface area contributed by atoms with Crippen molar-refractivity contribution in [3.63, 3.8) is 0 Å². The second-order valence-electron chi connectivity index (χ2n) is 4.70. The highest BCUT2D eigenvalue weighted by Crippen LogP contribution is 2.36. The van der Waals surface area contributed by atoms with Gasteiger partial charge in [0.25, 0.3) is 0 Å². The van der Waals surface area contributed by atoms with E-state index in [-0.39, 0.29) is 5.41 Å². The number of rotatable bonds is 4. The molecule has 0 aliphatic carbocycles. The minimum atomic E-state index is -0.371. The van der Waals surface area contributed by atoms with Gasteiger partial charge in [0.15, 0.2) is 11.5 Å². The normalized spacial score (nSPS) is 16.6. The lowest BCUT2D eigenvalue weighted by molar-refractivity contribution is -0.0766. The van der Waals surface area contributed by atoms with Crippen molar-refractivity contribution in [3.8, 4) is 17.6 Å². The molecule has 4 nitrogen and oxygen atoms in total. The van der Waals surface area contributed by atoms with Crippen molar-refractivity contribution in [2.45, 2.75) is 13.3 Å². The van der Waals surface area contributed by atoms with Crippen molar-refractivity contribution >= 4 is 0 Å². The Labute approximate surface area is 107 Å². The maximum Gasteiger partial charge on any atom is 0.161 e. The molecule has 18 heavy (non-hydrogen) atoms. The Morgan fingerprint density at radius 3 is 2.33 bits per heavy atom. The zero-order valence-corrected chi connectivity index (χ0v) is 10.9. The first-order chi connectivity index (χ1) is 8.64. The van der Waals surface area contributed by atoms with Crippen molar-refractivity contribution in [1.29, 1.82) is 5.26 Å². The van der Waals surface area contributed by atoms with Crippen LogP contribution in [0.5, 0.6) is 11.5 Å². The van der Waals surface area contributed by atoms with Gasteiger partial charge in [-0.1, -0.05) is 0 Å². The van der Waals surface area contributed by atoms with Gasteiger partial charge in [-0.3, -0.25) is 0 Å². The fourth-order valence-corrected chi connectivity index (χ4v) is 2.13. The van der Waals surface area contributed by atoms with E-state index in [0.29, 0.717) is 25.4 Å². The third-order valence-electron chi connectivity index (χ3n) is 3.36. The predicted molar refractivity (Wildman–Crippen MR) is 66.9 cm³/mol. The highest BCUT2D eigenvalue weighted by Gasteiger charge is 2.39. The van der Waals surface area contributed by atoms with Crippen LogP contribution in [0.3, 0.4) is 0 Å². The first-order valence-corrected chi connectivity index (χ1v) is 5.84. The van der Waals surface area contributed by atoms with Crippen molar-refractivity contribution in [1.82, 2.24) is 0 Å². The molecule has 0 bridgehead atoms. The van der Waals surface area contributed by atoms with E-state index < -0.39 is 0 Å². The summed E-state index contributed by atoms with van der Waals surface area (Å²) in [7, 11) is 3.23. The number of benzene rings is 1. The van der Waals surface area contributed by atoms with Gasteiger partial charge < -0.3 is 14.2 Å². The summed E-state index contributed by atoms with van der Waals surface area (Å²) in [6.07, 6.45) is 0.690. The van der Waals surface area contributed by atoms with E-state index in [4.69, 9.17) is 14.2 Å². The number of aryl methyl sites for hydroxylation is 1. The molecule has 1 aromatic carbocycles. The molecule has 0 radical (unpaired) electrons. The van der Waals surface area contributed by atoms with E-state index in [1.807, 2.05) is 19.1 Å². The average molecular weight is 247 g/mol. The Balaban J connectivity index is 2.31. The minimum Gasteiger partial charge on any atom is -0.493 e. The monoisotopic (exact) mass is 247 g/mol. The summed E-state index contributed by atoms with van der Waals surface area (Å²) in [4.78, 5) is 0. The van der Waals surface area contributed by atoms with E-state index in [1.165, 1.54) is 0 Å². The largest absolute Gasteiger partial charge is 0.493 e. The highest BCUT2D eigenvalue weighted by atomic mass is 16.5. The van der Waals surface area contributed by atoms with Crippen molar-refractivity contribution in [2.24, 2.45) is 5.41 Å². The summed E-state index contributed by atoms with van der Waals surface area (Å²) >= 11 is 0. The molecule has 0 aromatic heterocycles. The Morgan fingerprint density at radius 2 is 1.89 bits per heavy atom. The molecular weight excluding hydrogens is 230 g/mol. The summed E-state index contributed by atoms with van der Waals surface area (Å²) in [5.74, 6) is 1.42. The second-order valence-corrected chi connectivity index (χ2v) is 4.70. The Kier molecular flexibility index (Phi) is 3.44. The fraction of sp³-hybridized carbons (Fsp3) is 0.500. The van der Waals surface area contributed by atoms with Crippen molar-refractivity contribution in [2.75, 3.05) is 27.4 Å². The van der Waals surface area contributed by atoms with Gasteiger partial charge in [-0.2, -0.15) is 5.26 Å². The first-order valence-electron chi connectivity index (χ1n) is 5.84. The van der Waals surface area contributed by atoms with E-state index in [2.05, 4.69) is 6.07 Å². The zero-order chi connectivity index (χ0) is 13.2. The molecule has 0 amide bonds. The van der Waals surface area contributed by atoms with E-state index >= 15 is 0 Å². The summed E-state index contributed by atoms with van der Waals surface area (Å²) in [6, 6.07) is 6.25. The topological polar surface area (TPSA) is 51.5 Å². The van der Waals surface area contributed by atoms with Gasteiger partial charge in [0.1, 0.15) is 5.41 Å². The van der Waals surface area contributed by atoms with Crippen LogP contribution in [-0.2, 0) is 11.2 Å². The fourth-order valence-electron chi connectivity index (χ4n) is 2.13. The van der Waals surface area contributed by atoms with Crippen LogP contribution in [0.2, 0.25) is 0 Å². The smallest absolute Gasteiger partial charge is 0.161 e. The van der Waals surface area contributed by atoms with Crippen LogP contribution in [0.25, 0.3) is 0 Å². The molecule has 0 atom stereocenters. The van der Waals surface area contributed by atoms with Crippen LogP contribution in [0.4, 0.5) is 0 Å². The quantitative estimate of drug-likeness (QED) is 0.817. The predicted octanol–water partition coefficient (Wildman–Crippen LogP) is 2.09. The van der Waals surface area contributed by atoms with E-state index in [0.717, 1.165) is 16.9 Å². The maximum absolute atomic E-state index is 9.23. The molecule has 0 spiro atoms. The lowest BCUT2D eigenvalue weighted by atomic mass is 9.80. The number of hydrogen-bond acceptors (Lipinski definition) is 4. The van der Waals surface area contributed by atoms with Crippen LogP contribution >= 0.6 is 0 Å². The average Bonchev–Trinajstić information content (AvgIpc) is 2.35. The van der Waals surface area contributed by atoms with Gasteiger partial charge in [0.05, 0.1) is 33.5 Å². The number of ether oxygens (including phenoxy) is 3. The Bertz CT molecular complexity index is 487. The first kappa shape index (κ1) is 12.7. The molecule has 1 fully saturated rings. The molecule has 1 heterocycles. The maximum atomic E-state index is 9.23. The lowest BCUT2D eigenvalue weighted by Crippen LogP contribution is -2.43. The molecule has 1 aliphatic heterocycles. The summed E-state index contributed by atoms with van der Waals surface area (Å²) in [5.41, 5.74) is 1.84. The number of nitrogens with zero attached hydrogens (tertiary/aromatic N) is 1. The highest BCUT2D eigenvalue weighted by molar-refractivity contribution is 5.47. The van der Waals surface area contributed by atoms with Crippen LogP contribution in [-0.4, -0.2) is 27.4 Å². The molecule has 1 aliphatic rings. The third-order valence-corrected chi connectivity index (χ3v) is 3.36. The Morgan fingerprint density at radius 1 is 1.28 bits per heavy atom. The molecule has 4 heteroatoms. The molecule has 0 saturated carbocycles.